The molecule has 9 heteroatoms. The van der Waals surface area contributed by atoms with E-state index >= 15 is 0 Å². The first-order chi connectivity index (χ1) is 14.3. The van der Waals surface area contributed by atoms with Gasteiger partial charge in [0.05, 0.1) is 11.4 Å². The fourth-order valence-electron chi connectivity index (χ4n) is 3.49. The number of para-hydroxylation sites is 2. The average molecular weight is 412 g/mol. The molecule has 150 valence electrons. The Balaban J connectivity index is 1.14. The van der Waals surface area contributed by atoms with E-state index in [0.29, 0.717) is 42.8 Å². The number of carbonyl (C=O) groups excluding carboxylic acids is 1. The van der Waals surface area contributed by atoms with Crippen molar-refractivity contribution < 1.29 is 18.8 Å². The van der Waals surface area contributed by atoms with Gasteiger partial charge in [0.1, 0.15) is 6.61 Å². The highest BCUT2D eigenvalue weighted by Gasteiger charge is 2.32. The van der Waals surface area contributed by atoms with E-state index < -0.39 is 6.10 Å². The van der Waals surface area contributed by atoms with E-state index in [4.69, 9.17) is 14.0 Å². The minimum Gasteiger partial charge on any atom is -0.485 e. The summed E-state index contributed by atoms with van der Waals surface area (Å²) < 4.78 is 16.9. The molecule has 0 spiro atoms. The molecule has 4 heterocycles. The quantitative estimate of drug-likeness (QED) is 0.650. The van der Waals surface area contributed by atoms with Gasteiger partial charge in [-0.3, -0.25) is 9.69 Å². The van der Waals surface area contributed by atoms with E-state index in [1.165, 1.54) is 0 Å². The van der Waals surface area contributed by atoms with Crippen molar-refractivity contribution in [2.45, 2.75) is 12.6 Å². The van der Waals surface area contributed by atoms with Crippen LogP contribution in [0.2, 0.25) is 0 Å². The highest BCUT2D eigenvalue weighted by atomic mass is 32.1. The maximum absolute atomic E-state index is 12.8. The molecule has 0 N–H and O–H groups in total. The third kappa shape index (κ3) is 3.83. The van der Waals surface area contributed by atoms with E-state index in [9.17, 15) is 4.79 Å². The highest BCUT2D eigenvalue weighted by molar-refractivity contribution is 7.13. The van der Waals surface area contributed by atoms with Crippen LogP contribution in [0.3, 0.4) is 0 Å². The molecule has 0 bridgehead atoms. The van der Waals surface area contributed by atoms with E-state index in [1.807, 2.05) is 46.7 Å². The van der Waals surface area contributed by atoms with Gasteiger partial charge >= 0.3 is 0 Å². The zero-order valence-electron chi connectivity index (χ0n) is 15.7. The summed E-state index contributed by atoms with van der Waals surface area (Å²) >= 11 is 1.58. The Kier molecular flexibility index (Phi) is 4.91. The standard InChI is InChI=1S/C20H20N4O4S/c25-20(16-13-26-14-4-1-2-5-15(14)27-16)24-9-7-23(8-10-24)12-18-21-19(22-28-18)17-6-3-11-29-17/h1-6,11,16H,7-10,12-13H2. The largest absolute Gasteiger partial charge is 0.485 e. The lowest BCUT2D eigenvalue weighted by Crippen LogP contribution is -2.53. The Morgan fingerprint density at radius 3 is 2.72 bits per heavy atom. The van der Waals surface area contributed by atoms with Crippen molar-refractivity contribution in [3.63, 3.8) is 0 Å². The lowest BCUT2D eigenvalue weighted by Gasteiger charge is -2.36. The number of hydrogen-bond donors (Lipinski definition) is 0. The first kappa shape index (κ1) is 18.1. The number of aromatic nitrogens is 2. The second kappa shape index (κ2) is 7.84. The molecule has 29 heavy (non-hydrogen) atoms. The second-order valence-electron chi connectivity index (χ2n) is 6.95. The molecular weight excluding hydrogens is 392 g/mol. The summed E-state index contributed by atoms with van der Waals surface area (Å²) in [4.78, 5) is 22.3. The first-order valence-electron chi connectivity index (χ1n) is 9.52. The van der Waals surface area contributed by atoms with Crippen LogP contribution in [0, 0.1) is 0 Å². The number of piperazine rings is 1. The Morgan fingerprint density at radius 1 is 1.10 bits per heavy atom. The smallest absolute Gasteiger partial charge is 0.267 e. The molecule has 2 aromatic heterocycles. The SMILES string of the molecule is O=C(C1COc2ccccc2O1)N1CCN(Cc2nc(-c3cccs3)no2)CC1. The van der Waals surface area contributed by atoms with Crippen LogP contribution in [-0.4, -0.2) is 64.7 Å². The van der Waals surface area contributed by atoms with Crippen LogP contribution in [0.5, 0.6) is 11.5 Å². The van der Waals surface area contributed by atoms with Gasteiger partial charge in [-0.1, -0.05) is 23.4 Å². The molecule has 1 atom stereocenters. The second-order valence-corrected chi connectivity index (χ2v) is 7.90. The summed E-state index contributed by atoms with van der Waals surface area (Å²) in [7, 11) is 0. The van der Waals surface area contributed by atoms with Crippen molar-refractivity contribution in [2.24, 2.45) is 0 Å². The van der Waals surface area contributed by atoms with E-state index in [0.717, 1.165) is 18.0 Å². The number of benzene rings is 1. The number of ether oxygens (including phenoxy) is 2. The van der Waals surface area contributed by atoms with Crippen LogP contribution in [0.1, 0.15) is 5.89 Å². The van der Waals surface area contributed by atoms with Crippen molar-refractivity contribution in [1.82, 2.24) is 19.9 Å². The molecule has 1 unspecified atom stereocenters. The predicted molar refractivity (Wildman–Crippen MR) is 106 cm³/mol. The van der Waals surface area contributed by atoms with Gasteiger partial charge in [-0.15, -0.1) is 11.3 Å². The van der Waals surface area contributed by atoms with E-state index in [-0.39, 0.29) is 12.5 Å². The molecule has 2 aliphatic rings. The van der Waals surface area contributed by atoms with Crippen molar-refractivity contribution in [3.05, 3.63) is 47.7 Å². The van der Waals surface area contributed by atoms with Gasteiger partial charge in [0, 0.05) is 26.2 Å². The van der Waals surface area contributed by atoms with Gasteiger partial charge < -0.3 is 18.9 Å². The molecule has 0 saturated carbocycles. The van der Waals surface area contributed by atoms with Crippen LogP contribution >= 0.6 is 11.3 Å². The molecule has 0 radical (unpaired) electrons. The van der Waals surface area contributed by atoms with Gasteiger partial charge in [-0.25, -0.2) is 0 Å². The number of amides is 1. The lowest BCUT2D eigenvalue weighted by atomic mass is 10.2. The Labute approximate surface area is 171 Å². The van der Waals surface area contributed by atoms with Crippen LogP contribution in [0.25, 0.3) is 10.7 Å². The number of fused-ring (bicyclic) bond motifs is 1. The van der Waals surface area contributed by atoms with Gasteiger partial charge in [0.15, 0.2) is 11.5 Å². The minimum absolute atomic E-state index is 0.0306. The molecule has 1 fully saturated rings. The van der Waals surface area contributed by atoms with Crippen molar-refractivity contribution in [3.8, 4) is 22.2 Å². The predicted octanol–water partition coefficient (Wildman–Crippen LogP) is 2.28. The van der Waals surface area contributed by atoms with E-state index in [2.05, 4.69) is 15.0 Å². The van der Waals surface area contributed by atoms with Gasteiger partial charge in [0.25, 0.3) is 5.91 Å². The van der Waals surface area contributed by atoms with Crippen LogP contribution < -0.4 is 9.47 Å². The summed E-state index contributed by atoms with van der Waals surface area (Å²) in [6.07, 6.45) is -0.597. The number of thiophene rings is 1. The molecule has 1 saturated heterocycles. The van der Waals surface area contributed by atoms with Crippen molar-refractivity contribution in [1.29, 1.82) is 0 Å². The number of carbonyl (C=O) groups is 1. The molecular formula is C20H20N4O4S. The number of hydrogen-bond acceptors (Lipinski definition) is 8. The molecule has 1 amide bonds. The summed E-state index contributed by atoms with van der Waals surface area (Å²) in [5, 5.41) is 6.04. The Hall–Kier alpha value is -2.91. The molecule has 8 nitrogen and oxygen atoms in total. The molecule has 3 aromatic rings. The van der Waals surface area contributed by atoms with Crippen LogP contribution in [-0.2, 0) is 11.3 Å². The van der Waals surface area contributed by atoms with Crippen LogP contribution in [0.15, 0.2) is 46.3 Å². The zero-order chi connectivity index (χ0) is 19.6. The topological polar surface area (TPSA) is 80.9 Å². The average Bonchev–Trinajstić information content (AvgIpc) is 3.45. The fourth-order valence-corrected chi connectivity index (χ4v) is 4.14. The molecule has 0 aliphatic carbocycles. The number of rotatable bonds is 4. The maximum atomic E-state index is 12.8. The van der Waals surface area contributed by atoms with Gasteiger partial charge in [-0.05, 0) is 23.6 Å². The third-order valence-corrected chi connectivity index (χ3v) is 5.90. The normalized spacial score (nSPS) is 19.3. The minimum atomic E-state index is -0.597. The Bertz CT molecular complexity index is 982. The molecule has 5 rings (SSSR count). The summed E-state index contributed by atoms with van der Waals surface area (Å²) in [6, 6.07) is 11.4. The maximum Gasteiger partial charge on any atom is 0.267 e. The fraction of sp³-hybridized carbons (Fsp3) is 0.350. The van der Waals surface area contributed by atoms with E-state index in [1.54, 1.807) is 11.3 Å². The lowest BCUT2D eigenvalue weighted by molar-refractivity contribution is -0.143. The molecule has 2 aliphatic heterocycles. The summed E-state index contributed by atoms with van der Waals surface area (Å²) in [6.45, 7) is 3.57. The first-order valence-corrected chi connectivity index (χ1v) is 10.4. The van der Waals surface area contributed by atoms with Crippen molar-refractivity contribution >= 4 is 17.2 Å². The highest BCUT2D eigenvalue weighted by Crippen LogP contribution is 2.31. The summed E-state index contributed by atoms with van der Waals surface area (Å²) in [5.74, 6) is 2.49. The number of nitrogens with zero attached hydrogens (tertiary/aromatic N) is 4. The summed E-state index contributed by atoms with van der Waals surface area (Å²) in [5.41, 5.74) is 0. The Morgan fingerprint density at radius 2 is 1.93 bits per heavy atom. The molecule has 1 aromatic carbocycles. The van der Waals surface area contributed by atoms with Crippen molar-refractivity contribution in [2.75, 3.05) is 32.8 Å². The van der Waals surface area contributed by atoms with Crippen LogP contribution in [0.4, 0.5) is 0 Å². The van der Waals surface area contributed by atoms with Gasteiger partial charge in [0.2, 0.25) is 17.8 Å². The third-order valence-electron chi connectivity index (χ3n) is 5.04. The monoisotopic (exact) mass is 412 g/mol. The van der Waals surface area contributed by atoms with Gasteiger partial charge in [-0.2, -0.15) is 4.98 Å². The zero-order valence-corrected chi connectivity index (χ0v) is 16.5.